The quantitative estimate of drug-likeness (QED) is 0.583. The highest BCUT2D eigenvalue weighted by molar-refractivity contribution is 5.97. The first-order valence-corrected chi connectivity index (χ1v) is 13.3. The number of carbonyl (C=O) groups is 2. The summed E-state index contributed by atoms with van der Waals surface area (Å²) in [4.78, 5) is 30.5. The first-order chi connectivity index (χ1) is 17.5. The normalized spacial score (nSPS) is 23.1. The fourth-order valence-electron chi connectivity index (χ4n) is 5.95. The standard InChI is InChI=1S/C28H37N3O5/c1-20-25(21(2)36-29-20)27(33)30-15-12-28(13-16-30)11-5-6-17-34-18-22-8-7-14-31(22)26(32)23-9-3-4-10-24(23)35-19-28/h3-4,9-10,22H,5-8,11-19H2,1-2H3/t22-/m0/s1. The van der Waals surface area contributed by atoms with Crippen LogP contribution >= 0.6 is 0 Å². The lowest BCUT2D eigenvalue weighted by atomic mass is 9.75. The number of hydrogen-bond donors (Lipinski definition) is 0. The van der Waals surface area contributed by atoms with Crippen LogP contribution < -0.4 is 4.74 Å². The zero-order valence-corrected chi connectivity index (χ0v) is 21.5. The summed E-state index contributed by atoms with van der Waals surface area (Å²) >= 11 is 0. The predicted molar refractivity (Wildman–Crippen MR) is 134 cm³/mol. The summed E-state index contributed by atoms with van der Waals surface area (Å²) in [7, 11) is 0. The molecule has 8 nitrogen and oxygen atoms in total. The van der Waals surface area contributed by atoms with Gasteiger partial charge in [0.2, 0.25) is 0 Å². The van der Waals surface area contributed by atoms with Crippen LogP contribution in [0.3, 0.4) is 0 Å². The van der Waals surface area contributed by atoms with Crippen LogP contribution in [0.4, 0.5) is 0 Å². The van der Waals surface area contributed by atoms with Crippen molar-refractivity contribution in [3.63, 3.8) is 0 Å². The zero-order chi connectivity index (χ0) is 25.1. The second-order valence-corrected chi connectivity index (χ2v) is 10.6. The van der Waals surface area contributed by atoms with Crippen molar-refractivity contribution in [2.75, 3.05) is 39.5 Å². The van der Waals surface area contributed by atoms with Crippen LogP contribution in [-0.4, -0.2) is 72.3 Å². The number of hydrogen-bond acceptors (Lipinski definition) is 6. The largest absolute Gasteiger partial charge is 0.492 e. The van der Waals surface area contributed by atoms with Crippen molar-refractivity contribution in [1.82, 2.24) is 15.0 Å². The van der Waals surface area contributed by atoms with Crippen molar-refractivity contribution in [2.24, 2.45) is 5.41 Å². The lowest BCUT2D eigenvalue weighted by Gasteiger charge is -2.42. The average molecular weight is 496 g/mol. The summed E-state index contributed by atoms with van der Waals surface area (Å²) in [6.07, 6.45) is 6.75. The van der Waals surface area contributed by atoms with Crippen molar-refractivity contribution >= 4 is 11.8 Å². The van der Waals surface area contributed by atoms with Crippen LogP contribution in [0.2, 0.25) is 0 Å². The molecule has 1 atom stereocenters. The Kier molecular flexibility index (Phi) is 7.32. The van der Waals surface area contributed by atoms with E-state index in [0.717, 1.165) is 51.5 Å². The highest BCUT2D eigenvalue weighted by Crippen LogP contribution is 2.39. The Bertz CT molecular complexity index is 1070. The van der Waals surface area contributed by atoms with E-state index in [-0.39, 0.29) is 23.3 Å². The number of nitrogens with zero attached hydrogens (tertiary/aromatic N) is 3. The third kappa shape index (κ3) is 5.01. The van der Waals surface area contributed by atoms with Gasteiger partial charge in [0.05, 0.1) is 30.5 Å². The molecule has 0 unspecified atom stereocenters. The molecule has 2 saturated heterocycles. The topological polar surface area (TPSA) is 85.1 Å². The van der Waals surface area contributed by atoms with Gasteiger partial charge in [-0.3, -0.25) is 9.59 Å². The molecule has 1 spiro atoms. The molecule has 2 aromatic rings. The number of amides is 2. The smallest absolute Gasteiger partial charge is 0.259 e. The lowest BCUT2D eigenvalue weighted by Crippen LogP contribution is -2.46. The summed E-state index contributed by atoms with van der Waals surface area (Å²) < 4.78 is 17.7. The number of carbonyl (C=O) groups excluding carboxylic acids is 2. The molecule has 0 bridgehead atoms. The average Bonchev–Trinajstić information content (AvgIpc) is 3.50. The number of ether oxygens (including phenoxy) is 2. The molecule has 3 aliphatic rings. The van der Waals surface area contributed by atoms with Crippen LogP contribution in [0, 0.1) is 19.3 Å². The maximum atomic E-state index is 13.5. The number of aryl methyl sites for hydroxylation is 2. The number of piperidine rings is 1. The van der Waals surface area contributed by atoms with Gasteiger partial charge in [0, 0.05) is 31.7 Å². The molecule has 4 heterocycles. The summed E-state index contributed by atoms with van der Waals surface area (Å²) in [5, 5.41) is 3.95. The van der Waals surface area contributed by atoms with Crippen molar-refractivity contribution in [3.05, 3.63) is 46.8 Å². The number of aromatic nitrogens is 1. The minimum absolute atomic E-state index is 0.00702. The van der Waals surface area contributed by atoms with Gasteiger partial charge in [0.25, 0.3) is 11.8 Å². The predicted octanol–water partition coefficient (Wildman–Crippen LogP) is 4.40. The molecule has 194 valence electrons. The first-order valence-electron chi connectivity index (χ1n) is 13.3. The molecular formula is C28H37N3O5. The summed E-state index contributed by atoms with van der Waals surface area (Å²) in [6, 6.07) is 7.75. The summed E-state index contributed by atoms with van der Waals surface area (Å²) in [5.41, 5.74) is 1.80. The molecule has 5 rings (SSSR count). The Labute approximate surface area is 212 Å². The molecule has 1 aromatic heterocycles. The number of benzene rings is 1. The third-order valence-corrected chi connectivity index (χ3v) is 8.20. The van der Waals surface area contributed by atoms with Crippen molar-refractivity contribution in [3.8, 4) is 5.75 Å². The highest BCUT2D eigenvalue weighted by atomic mass is 16.5. The Morgan fingerprint density at radius 3 is 2.64 bits per heavy atom. The van der Waals surface area contributed by atoms with E-state index in [4.69, 9.17) is 14.0 Å². The molecule has 8 heteroatoms. The van der Waals surface area contributed by atoms with Crippen LogP contribution in [-0.2, 0) is 4.74 Å². The molecule has 2 fully saturated rings. The second-order valence-electron chi connectivity index (χ2n) is 10.6. The maximum absolute atomic E-state index is 13.5. The van der Waals surface area contributed by atoms with Crippen LogP contribution in [0.25, 0.3) is 0 Å². The SMILES string of the molecule is Cc1noc(C)c1C(=O)N1CCC2(CCCCOC[C@@H]3CCCN3C(=O)c3ccccc3OC2)CC1. The van der Waals surface area contributed by atoms with Gasteiger partial charge in [-0.05, 0) is 64.5 Å². The van der Waals surface area contributed by atoms with Crippen molar-refractivity contribution < 1.29 is 23.6 Å². The molecule has 36 heavy (non-hydrogen) atoms. The van der Waals surface area contributed by atoms with Gasteiger partial charge in [-0.1, -0.05) is 23.7 Å². The number of fused-ring (bicyclic) bond motifs is 2. The highest BCUT2D eigenvalue weighted by Gasteiger charge is 2.38. The Morgan fingerprint density at radius 1 is 1.06 bits per heavy atom. The van der Waals surface area contributed by atoms with Gasteiger partial charge in [0.1, 0.15) is 17.1 Å². The van der Waals surface area contributed by atoms with Gasteiger partial charge >= 0.3 is 0 Å². The Balaban J connectivity index is 1.33. The second kappa shape index (κ2) is 10.6. The minimum Gasteiger partial charge on any atom is -0.492 e. The molecule has 1 aromatic carbocycles. The Hall–Kier alpha value is -2.87. The van der Waals surface area contributed by atoms with E-state index in [1.165, 1.54) is 0 Å². The van der Waals surface area contributed by atoms with Gasteiger partial charge in [0.15, 0.2) is 0 Å². The minimum atomic E-state index is -0.0496. The molecule has 0 N–H and O–H groups in total. The van der Waals surface area contributed by atoms with Crippen LogP contribution in [0.5, 0.6) is 5.75 Å². The third-order valence-electron chi connectivity index (χ3n) is 8.20. The van der Waals surface area contributed by atoms with Gasteiger partial charge in [-0.2, -0.15) is 0 Å². The van der Waals surface area contributed by atoms with Gasteiger partial charge in [-0.15, -0.1) is 0 Å². The fourth-order valence-corrected chi connectivity index (χ4v) is 5.95. The number of likely N-dealkylation sites (tertiary alicyclic amines) is 1. The van der Waals surface area contributed by atoms with Crippen molar-refractivity contribution in [1.29, 1.82) is 0 Å². The van der Waals surface area contributed by atoms with E-state index >= 15 is 0 Å². The summed E-state index contributed by atoms with van der Waals surface area (Å²) in [5.74, 6) is 1.25. The van der Waals surface area contributed by atoms with Gasteiger partial charge in [-0.25, -0.2) is 0 Å². The van der Waals surface area contributed by atoms with E-state index < -0.39 is 0 Å². The monoisotopic (exact) mass is 495 g/mol. The lowest BCUT2D eigenvalue weighted by molar-refractivity contribution is 0.0302. The first kappa shape index (κ1) is 24.8. The molecule has 0 saturated carbocycles. The van der Waals surface area contributed by atoms with Crippen molar-refractivity contribution in [2.45, 2.75) is 64.8 Å². The van der Waals surface area contributed by atoms with Gasteiger partial charge < -0.3 is 23.8 Å². The van der Waals surface area contributed by atoms with E-state index in [9.17, 15) is 9.59 Å². The van der Waals surface area contributed by atoms with E-state index in [0.29, 0.717) is 61.2 Å². The van der Waals surface area contributed by atoms with E-state index in [1.807, 2.05) is 41.0 Å². The number of rotatable bonds is 1. The number of para-hydroxylation sites is 1. The molecule has 0 aliphatic carbocycles. The summed E-state index contributed by atoms with van der Waals surface area (Å²) in [6.45, 7) is 7.54. The zero-order valence-electron chi connectivity index (χ0n) is 21.5. The molecule has 0 radical (unpaired) electrons. The van der Waals surface area contributed by atoms with Crippen LogP contribution in [0.15, 0.2) is 28.8 Å². The Morgan fingerprint density at radius 2 is 1.86 bits per heavy atom. The molecule has 2 amide bonds. The van der Waals surface area contributed by atoms with Crippen LogP contribution in [0.1, 0.15) is 77.1 Å². The fraction of sp³-hybridized carbons (Fsp3) is 0.607. The van der Waals surface area contributed by atoms with E-state index in [1.54, 1.807) is 6.92 Å². The molecular weight excluding hydrogens is 458 g/mol. The maximum Gasteiger partial charge on any atom is 0.259 e. The molecule has 3 aliphatic heterocycles. The van der Waals surface area contributed by atoms with E-state index in [2.05, 4.69) is 5.16 Å².